The summed E-state index contributed by atoms with van der Waals surface area (Å²) in [6, 6.07) is 0. The molecule has 1 unspecified atom stereocenters. The van der Waals surface area contributed by atoms with E-state index in [1.807, 2.05) is 13.8 Å². The van der Waals surface area contributed by atoms with E-state index >= 15 is 0 Å². The molecule has 0 aliphatic carbocycles. The van der Waals surface area contributed by atoms with Gasteiger partial charge in [-0.25, -0.2) is 4.79 Å². The van der Waals surface area contributed by atoms with E-state index in [-0.39, 0.29) is 18.7 Å². The van der Waals surface area contributed by atoms with Crippen LogP contribution in [0.4, 0.5) is 0 Å². The Morgan fingerprint density at radius 1 is 1.16 bits per heavy atom. The molecule has 0 aromatic carbocycles. The molecule has 0 heterocycles. The lowest BCUT2D eigenvalue weighted by atomic mass is 10.3. The third kappa shape index (κ3) is 10.7. The molecule has 0 spiro atoms. The number of hydrogen-bond donors (Lipinski definition) is 0. The van der Waals surface area contributed by atoms with Gasteiger partial charge in [0.1, 0.15) is 0 Å². The van der Waals surface area contributed by atoms with E-state index in [2.05, 4.69) is 13.5 Å². The average molecular weight is 272 g/mol. The summed E-state index contributed by atoms with van der Waals surface area (Å²) in [7, 11) is 0. The Morgan fingerprint density at radius 2 is 1.79 bits per heavy atom. The van der Waals surface area contributed by atoms with Gasteiger partial charge in [0.05, 0.1) is 31.5 Å². The van der Waals surface area contributed by atoms with E-state index < -0.39 is 0 Å². The van der Waals surface area contributed by atoms with Gasteiger partial charge in [-0.15, -0.1) is 0 Å². The highest BCUT2D eigenvalue weighted by molar-refractivity contribution is 5.87. The van der Waals surface area contributed by atoms with Crippen LogP contribution in [0.5, 0.6) is 0 Å². The number of carbonyl (C=O) groups excluding carboxylic acids is 1. The van der Waals surface area contributed by atoms with Gasteiger partial charge in [-0.1, -0.05) is 33.3 Å². The first kappa shape index (κ1) is 18.1. The first-order valence-corrected chi connectivity index (χ1v) is 7.16. The largest absolute Gasteiger partial charge is 0.462 e. The molecule has 0 N–H and O–H groups in total. The number of rotatable bonds is 12. The van der Waals surface area contributed by atoms with Gasteiger partial charge in [-0.3, -0.25) is 0 Å². The zero-order chi connectivity index (χ0) is 14.5. The Bertz CT molecular complexity index is 251. The fraction of sp³-hybridized carbons (Fsp3) is 0.800. The van der Waals surface area contributed by atoms with Crippen molar-refractivity contribution in [2.45, 2.75) is 52.6 Å². The SMILES string of the molecule is C=C(COCC(C)OCCCC)C(=O)OCCCC. The van der Waals surface area contributed by atoms with E-state index in [9.17, 15) is 4.79 Å². The first-order chi connectivity index (χ1) is 9.11. The molecule has 0 fully saturated rings. The molecule has 0 radical (unpaired) electrons. The second-order valence-electron chi connectivity index (χ2n) is 4.64. The summed E-state index contributed by atoms with van der Waals surface area (Å²) in [4.78, 5) is 11.5. The topological polar surface area (TPSA) is 44.8 Å². The maximum absolute atomic E-state index is 11.5. The zero-order valence-electron chi connectivity index (χ0n) is 12.6. The summed E-state index contributed by atoms with van der Waals surface area (Å²) in [6.07, 6.45) is 4.09. The van der Waals surface area contributed by atoms with Crippen molar-refractivity contribution in [1.82, 2.24) is 0 Å². The molecule has 4 nitrogen and oxygen atoms in total. The van der Waals surface area contributed by atoms with Crippen molar-refractivity contribution in [2.24, 2.45) is 0 Å². The van der Waals surface area contributed by atoms with E-state index in [1.54, 1.807) is 0 Å². The van der Waals surface area contributed by atoms with Crippen LogP contribution in [0.2, 0.25) is 0 Å². The smallest absolute Gasteiger partial charge is 0.335 e. The molecule has 0 aromatic heterocycles. The highest BCUT2D eigenvalue weighted by atomic mass is 16.5. The molecular formula is C15H28O4. The minimum atomic E-state index is -0.368. The highest BCUT2D eigenvalue weighted by Gasteiger charge is 2.09. The standard InChI is InChI=1S/C15H28O4/c1-5-7-9-18-14(4)12-17-11-13(3)15(16)19-10-8-6-2/h14H,3,5-12H2,1-2,4H3. The quantitative estimate of drug-likeness (QED) is 0.311. The van der Waals surface area contributed by atoms with Crippen molar-refractivity contribution < 1.29 is 19.0 Å². The third-order valence-corrected chi connectivity index (χ3v) is 2.55. The van der Waals surface area contributed by atoms with Crippen LogP contribution in [-0.2, 0) is 19.0 Å². The van der Waals surface area contributed by atoms with Gasteiger partial charge in [0.15, 0.2) is 0 Å². The number of ether oxygens (including phenoxy) is 3. The predicted octanol–water partition coefficient (Wildman–Crippen LogP) is 3.11. The van der Waals surface area contributed by atoms with E-state index in [0.717, 1.165) is 32.3 Å². The summed E-state index contributed by atoms with van der Waals surface area (Å²) < 4.78 is 16.0. The second-order valence-corrected chi connectivity index (χ2v) is 4.64. The molecule has 112 valence electrons. The Morgan fingerprint density at radius 3 is 2.42 bits per heavy atom. The molecule has 0 saturated heterocycles. The van der Waals surface area contributed by atoms with Crippen molar-refractivity contribution in [3.8, 4) is 0 Å². The van der Waals surface area contributed by atoms with Gasteiger partial charge in [-0.2, -0.15) is 0 Å². The minimum absolute atomic E-state index is 0.0375. The predicted molar refractivity (Wildman–Crippen MR) is 76.1 cm³/mol. The van der Waals surface area contributed by atoms with E-state index in [4.69, 9.17) is 14.2 Å². The van der Waals surface area contributed by atoms with Crippen molar-refractivity contribution >= 4 is 5.97 Å². The Balaban J connectivity index is 3.58. The van der Waals surface area contributed by atoms with Crippen molar-refractivity contribution in [1.29, 1.82) is 0 Å². The lowest BCUT2D eigenvalue weighted by Crippen LogP contribution is -2.19. The summed E-state index contributed by atoms with van der Waals surface area (Å²) in [5.74, 6) is -0.368. The van der Waals surface area contributed by atoms with Crippen LogP contribution in [0, 0.1) is 0 Å². The Kier molecular flexibility index (Phi) is 11.6. The van der Waals surface area contributed by atoms with Crippen LogP contribution in [0.1, 0.15) is 46.5 Å². The lowest BCUT2D eigenvalue weighted by Gasteiger charge is -2.13. The molecule has 0 aliphatic heterocycles. The molecule has 1 atom stereocenters. The molecule has 0 amide bonds. The molecule has 0 aliphatic rings. The monoisotopic (exact) mass is 272 g/mol. The van der Waals surface area contributed by atoms with Gasteiger partial charge in [0.2, 0.25) is 0 Å². The molecule has 19 heavy (non-hydrogen) atoms. The highest BCUT2D eigenvalue weighted by Crippen LogP contribution is 2.01. The fourth-order valence-corrected chi connectivity index (χ4v) is 1.30. The maximum Gasteiger partial charge on any atom is 0.335 e. The number of carbonyl (C=O) groups is 1. The van der Waals surface area contributed by atoms with Crippen LogP contribution in [0.15, 0.2) is 12.2 Å². The van der Waals surface area contributed by atoms with Gasteiger partial charge in [0.25, 0.3) is 0 Å². The summed E-state index contributed by atoms with van der Waals surface area (Å²) in [5.41, 5.74) is 0.358. The summed E-state index contributed by atoms with van der Waals surface area (Å²) in [6.45, 7) is 11.7. The number of unbranched alkanes of at least 4 members (excludes halogenated alkanes) is 2. The second kappa shape index (κ2) is 12.2. The molecule has 0 rings (SSSR count). The zero-order valence-corrected chi connectivity index (χ0v) is 12.6. The van der Waals surface area contributed by atoms with Gasteiger partial charge in [-0.05, 0) is 19.8 Å². The van der Waals surface area contributed by atoms with E-state index in [1.165, 1.54) is 0 Å². The lowest BCUT2D eigenvalue weighted by molar-refractivity contribution is -0.140. The van der Waals surface area contributed by atoms with Crippen molar-refractivity contribution in [3.63, 3.8) is 0 Å². The molecule has 0 saturated carbocycles. The normalized spacial score (nSPS) is 12.2. The third-order valence-electron chi connectivity index (χ3n) is 2.55. The fourth-order valence-electron chi connectivity index (χ4n) is 1.30. The van der Waals surface area contributed by atoms with Crippen molar-refractivity contribution in [2.75, 3.05) is 26.4 Å². The van der Waals surface area contributed by atoms with Gasteiger partial charge in [0, 0.05) is 6.61 Å². The average Bonchev–Trinajstić information content (AvgIpc) is 2.39. The van der Waals surface area contributed by atoms with Crippen LogP contribution in [0.25, 0.3) is 0 Å². The summed E-state index contributed by atoms with van der Waals surface area (Å²) >= 11 is 0. The molecular weight excluding hydrogens is 244 g/mol. The van der Waals surface area contributed by atoms with Crippen LogP contribution in [-0.4, -0.2) is 38.5 Å². The molecule has 4 heteroatoms. The molecule has 0 bridgehead atoms. The van der Waals surface area contributed by atoms with Crippen molar-refractivity contribution in [3.05, 3.63) is 12.2 Å². The van der Waals surface area contributed by atoms with Gasteiger partial charge >= 0.3 is 5.97 Å². The minimum Gasteiger partial charge on any atom is -0.462 e. The first-order valence-electron chi connectivity index (χ1n) is 7.16. The maximum atomic E-state index is 11.5. The number of hydrogen-bond acceptors (Lipinski definition) is 4. The van der Waals surface area contributed by atoms with Crippen LogP contribution < -0.4 is 0 Å². The summed E-state index contributed by atoms with van der Waals surface area (Å²) in [5, 5.41) is 0. The Hall–Kier alpha value is -0.870. The van der Waals surface area contributed by atoms with Crippen LogP contribution >= 0.6 is 0 Å². The van der Waals surface area contributed by atoms with Crippen LogP contribution in [0.3, 0.4) is 0 Å². The van der Waals surface area contributed by atoms with E-state index in [0.29, 0.717) is 18.8 Å². The molecule has 0 aromatic rings. The van der Waals surface area contributed by atoms with Gasteiger partial charge < -0.3 is 14.2 Å². The Labute approximate surface area is 117 Å². The number of esters is 1.